The monoisotopic (exact) mass is 239 g/mol. The van der Waals surface area contributed by atoms with Gasteiger partial charge >= 0.3 is 5.97 Å². The maximum absolute atomic E-state index is 10.7. The molecule has 1 fully saturated rings. The van der Waals surface area contributed by atoms with Crippen molar-refractivity contribution in [1.82, 2.24) is 9.88 Å². The Hall–Kier alpha value is -1.56. The van der Waals surface area contributed by atoms with Crippen LogP contribution < -0.4 is 4.90 Å². The van der Waals surface area contributed by atoms with Crippen LogP contribution in [0.4, 0.5) is 6.01 Å². The summed E-state index contributed by atoms with van der Waals surface area (Å²) in [6, 6.07) is 0.873. The Morgan fingerprint density at radius 1 is 1.65 bits per heavy atom. The van der Waals surface area contributed by atoms with Gasteiger partial charge in [-0.25, -0.2) is 4.79 Å². The Bertz CT molecular complexity index is 402. The van der Waals surface area contributed by atoms with Gasteiger partial charge in [0, 0.05) is 19.1 Å². The van der Waals surface area contributed by atoms with E-state index in [1.165, 1.54) is 6.26 Å². The molecule has 1 aromatic heterocycles. The van der Waals surface area contributed by atoms with Crippen molar-refractivity contribution in [3.05, 3.63) is 12.0 Å². The van der Waals surface area contributed by atoms with Crippen LogP contribution in [0.5, 0.6) is 0 Å². The largest absolute Gasteiger partial charge is 0.476 e. The first-order valence-corrected chi connectivity index (χ1v) is 5.68. The summed E-state index contributed by atoms with van der Waals surface area (Å²) in [5, 5.41) is 8.79. The molecule has 1 N–H and O–H groups in total. The Kier molecular flexibility index (Phi) is 3.33. The van der Waals surface area contributed by atoms with Gasteiger partial charge < -0.3 is 19.3 Å². The number of hydrogen-bond donors (Lipinski definition) is 1. The maximum atomic E-state index is 10.7. The SMILES string of the molecule is CN(C)C1CCCN(c2nc(C(=O)O)co2)C1. The summed E-state index contributed by atoms with van der Waals surface area (Å²) < 4.78 is 5.21. The van der Waals surface area contributed by atoms with E-state index in [2.05, 4.69) is 9.88 Å². The Morgan fingerprint density at radius 3 is 3.00 bits per heavy atom. The average molecular weight is 239 g/mol. The lowest BCUT2D eigenvalue weighted by Crippen LogP contribution is -2.45. The van der Waals surface area contributed by atoms with E-state index < -0.39 is 5.97 Å². The van der Waals surface area contributed by atoms with E-state index in [0.29, 0.717) is 12.1 Å². The molecule has 94 valence electrons. The van der Waals surface area contributed by atoms with Gasteiger partial charge in [-0.05, 0) is 26.9 Å². The predicted molar refractivity (Wildman–Crippen MR) is 62.4 cm³/mol. The van der Waals surface area contributed by atoms with Gasteiger partial charge in [0.15, 0.2) is 5.69 Å². The molecule has 1 aliphatic rings. The van der Waals surface area contributed by atoms with Crippen LogP contribution >= 0.6 is 0 Å². The van der Waals surface area contributed by atoms with Crippen LogP contribution in [-0.2, 0) is 0 Å². The van der Waals surface area contributed by atoms with E-state index in [1.54, 1.807) is 0 Å². The molecular weight excluding hydrogens is 222 g/mol. The molecular formula is C11H17N3O3. The number of rotatable bonds is 3. The van der Waals surface area contributed by atoms with Gasteiger partial charge in [0.05, 0.1) is 0 Å². The van der Waals surface area contributed by atoms with Crippen molar-refractivity contribution in [2.24, 2.45) is 0 Å². The molecule has 0 saturated carbocycles. The second kappa shape index (κ2) is 4.75. The number of carboxylic acid groups (broad SMARTS) is 1. The van der Waals surface area contributed by atoms with Crippen LogP contribution in [0.3, 0.4) is 0 Å². The molecule has 1 aliphatic heterocycles. The number of nitrogens with zero attached hydrogens (tertiary/aromatic N) is 3. The lowest BCUT2D eigenvalue weighted by Gasteiger charge is -2.35. The number of carboxylic acids is 1. The lowest BCUT2D eigenvalue weighted by atomic mass is 10.1. The zero-order chi connectivity index (χ0) is 12.4. The molecule has 2 heterocycles. The average Bonchev–Trinajstić information content (AvgIpc) is 2.78. The van der Waals surface area contributed by atoms with E-state index in [9.17, 15) is 4.79 Å². The summed E-state index contributed by atoms with van der Waals surface area (Å²) in [5.41, 5.74) is -0.0352. The van der Waals surface area contributed by atoms with Crippen LogP contribution in [0.2, 0.25) is 0 Å². The summed E-state index contributed by atoms with van der Waals surface area (Å²) >= 11 is 0. The molecule has 1 unspecified atom stereocenters. The molecule has 2 rings (SSSR count). The third-order valence-electron chi connectivity index (χ3n) is 3.11. The highest BCUT2D eigenvalue weighted by Crippen LogP contribution is 2.21. The smallest absolute Gasteiger partial charge is 0.357 e. The van der Waals surface area contributed by atoms with Crippen molar-refractivity contribution in [2.45, 2.75) is 18.9 Å². The van der Waals surface area contributed by atoms with Gasteiger partial charge in [-0.2, -0.15) is 4.98 Å². The minimum Gasteiger partial charge on any atom is -0.476 e. The van der Waals surface area contributed by atoms with Gasteiger partial charge in [-0.3, -0.25) is 0 Å². The first kappa shape index (κ1) is 11.9. The number of aromatic carboxylic acids is 1. The van der Waals surface area contributed by atoms with Gasteiger partial charge in [0.25, 0.3) is 6.01 Å². The fraction of sp³-hybridized carbons (Fsp3) is 0.636. The second-order valence-electron chi connectivity index (χ2n) is 4.53. The zero-order valence-electron chi connectivity index (χ0n) is 10.1. The van der Waals surface area contributed by atoms with Crippen molar-refractivity contribution >= 4 is 12.0 Å². The molecule has 6 nitrogen and oxygen atoms in total. The number of aromatic nitrogens is 1. The molecule has 17 heavy (non-hydrogen) atoms. The molecule has 0 spiro atoms. The Balaban J connectivity index is 2.08. The van der Waals surface area contributed by atoms with Crippen LogP contribution in [0.25, 0.3) is 0 Å². The summed E-state index contributed by atoms with van der Waals surface area (Å²) in [6.07, 6.45) is 3.40. The van der Waals surface area contributed by atoms with Gasteiger partial charge in [-0.1, -0.05) is 0 Å². The third-order valence-corrected chi connectivity index (χ3v) is 3.11. The Morgan fingerprint density at radius 2 is 2.41 bits per heavy atom. The maximum Gasteiger partial charge on any atom is 0.357 e. The van der Waals surface area contributed by atoms with E-state index >= 15 is 0 Å². The highest BCUT2D eigenvalue weighted by molar-refractivity contribution is 5.85. The fourth-order valence-corrected chi connectivity index (χ4v) is 2.06. The molecule has 0 amide bonds. The molecule has 1 atom stereocenters. The topological polar surface area (TPSA) is 69.8 Å². The van der Waals surface area contributed by atoms with Gasteiger partial charge in [0.1, 0.15) is 6.26 Å². The quantitative estimate of drug-likeness (QED) is 0.845. The van der Waals surface area contributed by atoms with Crippen molar-refractivity contribution in [3.8, 4) is 0 Å². The number of likely N-dealkylation sites (N-methyl/N-ethyl adjacent to an activating group) is 1. The summed E-state index contributed by atoms with van der Waals surface area (Å²) in [7, 11) is 4.10. The second-order valence-corrected chi connectivity index (χ2v) is 4.53. The Labute approximate surface area is 99.8 Å². The minimum absolute atomic E-state index is 0.0352. The molecule has 0 aromatic carbocycles. The number of piperidine rings is 1. The molecule has 6 heteroatoms. The number of oxazole rings is 1. The highest BCUT2D eigenvalue weighted by atomic mass is 16.4. The number of anilines is 1. The first-order chi connectivity index (χ1) is 8.08. The lowest BCUT2D eigenvalue weighted by molar-refractivity contribution is 0.0690. The van der Waals surface area contributed by atoms with Crippen LogP contribution in [0.1, 0.15) is 23.3 Å². The zero-order valence-corrected chi connectivity index (χ0v) is 10.1. The summed E-state index contributed by atoms with van der Waals surface area (Å²) in [5.74, 6) is -1.05. The van der Waals surface area contributed by atoms with E-state index in [1.807, 2.05) is 19.0 Å². The van der Waals surface area contributed by atoms with Crippen LogP contribution in [0.15, 0.2) is 10.7 Å². The predicted octanol–water partition coefficient (Wildman–Crippen LogP) is 0.903. The third kappa shape index (κ3) is 2.58. The number of hydrogen-bond acceptors (Lipinski definition) is 5. The summed E-state index contributed by atoms with van der Waals surface area (Å²) in [6.45, 7) is 1.69. The minimum atomic E-state index is -1.05. The first-order valence-electron chi connectivity index (χ1n) is 5.68. The van der Waals surface area contributed by atoms with E-state index in [-0.39, 0.29) is 5.69 Å². The van der Waals surface area contributed by atoms with E-state index in [0.717, 1.165) is 25.9 Å². The molecule has 0 bridgehead atoms. The molecule has 0 aliphatic carbocycles. The van der Waals surface area contributed by atoms with Gasteiger partial charge in [0.2, 0.25) is 0 Å². The van der Waals surface area contributed by atoms with E-state index in [4.69, 9.17) is 9.52 Å². The van der Waals surface area contributed by atoms with Gasteiger partial charge in [-0.15, -0.1) is 0 Å². The number of carbonyl (C=O) groups is 1. The fourth-order valence-electron chi connectivity index (χ4n) is 2.06. The van der Waals surface area contributed by atoms with Crippen molar-refractivity contribution < 1.29 is 14.3 Å². The molecule has 1 aromatic rings. The van der Waals surface area contributed by atoms with Crippen molar-refractivity contribution in [3.63, 3.8) is 0 Å². The molecule has 1 saturated heterocycles. The molecule has 0 radical (unpaired) electrons. The standard InChI is InChI=1S/C11H17N3O3/c1-13(2)8-4-3-5-14(6-8)11-12-9(7-17-11)10(15)16/h7-8H,3-6H2,1-2H3,(H,15,16). The van der Waals surface area contributed by atoms with Crippen LogP contribution in [-0.4, -0.2) is 54.2 Å². The summed E-state index contributed by atoms with van der Waals surface area (Å²) in [4.78, 5) is 18.9. The van der Waals surface area contributed by atoms with Crippen molar-refractivity contribution in [1.29, 1.82) is 0 Å². The van der Waals surface area contributed by atoms with Crippen molar-refractivity contribution in [2.75, 3.05) is 32.1 Å². The van der Waals surface area contributed by atoms with Crippen LogP contribution in [0, 0.1) is 0 Å². The normalized spacial score (nSPS) is 20.9. The highest BCUT2D eigenvalue weighted by Gasteiger charge is 2.25.